The summed E-state index contributed by atoms with van der Waals surface area (Å²) in [4.78, 5) is 12.5. The summed E-state index contributed by atoms with van der Waals surface area (Å²) in [6, 6.07) is 18.0. The van der Waals surface area contributed by atoms with Crippen LogP contribution in [-0.2, 0) is 16.4 Å². The molecule has 8 nitrogen and oxygen atoms in total. The first-order valence-electron chi connectivity index (χ1n) is 10.1. The molecule has 0 radical (unpaired) electrons. The molecule has 0 heterocycles. The Morgan fingerprint density at radius 3 is 2.24 bits per heavy atom. The second-order valence-electron chi connectivity index (χ2n) is 7.06. The van der Waals surface area contributed by atoms with Crippen molar-refractivity contribution in [2.45, 2.75) is 11.3 Å². The van der Waals surface area contributed by atoms with Gasteiger partial charge < -0.3 is 19.5 Å². The van der Waals surface area contributed by atoms with Gasteiger partial charge in [-0.3, -0.25) is 9.52 Å². The van der Waals surface area contributed by atoms with Gasteiger partial charge in [-0.15, -0.1) is 0 Å². The van der Waals surface area contributed by atoms with Crippen molar-refractivity contribution in [2.75, 3.05) is 32.6 Å². The first kappa shape index (κ1) is 23.9. The molecule has 0 aliphatic heterocycles. The Morgan fingerprint density at radius 2 is 1.58 bits per heavy atom. The lowest BCUT2D eigenvalue weighted by Gasteiger charge is -2.11. The molecule has 0 aromatic heterocycles. The number of hydrogen-bond acceptors (Lipinski definition) is 6. The molecule has 9 heteroatoms. The van der Waals surface area contributed by atoms with Crippen molar-refractivity contribution < 1.29 is 27.4 Å². The maximum Gasteiger partial charge on any atom is 0.262 e. The number of hydrogen-bond donors (Lipinski definition) is 2. The molecular formula is C24H26N2O6S. The molecule has 0 aliphatic rings. The normalized spacial score (nSPS) is 10.9. The summed E-state index contributed by atoms with van der Waals surface area (Å²) in [7, 11) is 0.834. The molecule has 0 saturated carbocycles. The second kappa shape index (κ2) is 10.7. The van der Waals surface area contributed by atoms with Gasteiger partial charge in [0.05, 0.1) is 26.2 Å². The summed E-state index contributed by atoms with van der Waals surface area (Å²) in [5.74, 6) is 1.47. The first-order chi connectivity index (χ1) is 15.9. The highest BCUT2D eigenvalue weighted by molar-refractivity contribution is 7.92. The highest BCUT2D eigenvalue weighted by Crippen LogP contribution is 2.27. The molecule has 3 aromatic rings. The summed E-state index contributed by atoms with van der Waals surface area (Å²) in [6.07, 6.45) is 0.616. The number of sulfonamides is 1. The summed E-state index contributed by atoms with van der Waals surface area (Å²) in [5, 5.41) is 2.86. The fourth-order valence-electron chi connectivity index (χ4n) is 3.13. The second-order valence-corrected chi connectivity index (χ2v) is 8.74. The molecule has 0 fully saturated rings. The van der Waals surface area contributed by atoms with Crippen LogP contribution in [0, 0.1) is 0 Å². The number of carbonyl (C=O) groups excluding carboxylic acids is 1. The Labute approximate surface area is 193 Å². The molecule has 1 amide bonds. The highest BCUT2D eigenvalue weighted by Gasteiger charge is 2.15. The van der Waals surface area contributed by atoms with Crippen LogP contribution < -0.4 is 24.2 Å². The van der Waals surface area contributed by atoms with Crippen LogP contribution in [0.2, 0.25) is 0 Å². The lowest BCUT2D eigenvalue weighted by molar-refractivity contribution is 0.0954. The summed E-state index contributed by atoms with van der Waals surface area (Å²) in [6.45, 7) is 0.429. The molecule has 3 aromatic carbocycles. The van der Waals surface area contributed by atoms with Gasteiger partial charge in [-0.1, -0.05) is 12.1 Å². The monoisotopic (exact) mass is 470 g/mol. The first-order valence-corrected chi connectivity index (χ1v) is 11.6. The maximum absolute atomic E-state index is 12.6. The molecule has 3 rings (SSSR count). The van der Waals surface area contributed by atoms with E-state index in [1.807, 2.05) is 18.2 Å². The number of methoxy groups -OCH3 is 3. The summed E-state index contributed by atoms with van der Waals surface area (Å²) >= 11 is 0. The van der Waals surface area contributed by atoms with Gasteiger partial charge in [0.2, 0.25) is 0 Å². The Kier molecular flexibility index (Phi) is 7.78. The van der Waals surface area contributed by atoms with E-state index < -0.39 is 10.0 Å². The van der Waals surface area contributed by atoms with Crippen molar-refractivity contribution in [1.82, 2.24) is 5.32 Å². The minimum absolute atomic E-state index is 0.0823. The predicted octanol–water partition coefficient (Wildman–Crippen LogP) is 3.49. The van der Waals surface area contributed by atoms with Crippen molar-refractivity contribution >= 4 is 21.6 Å². The zero-order chi connectivity index (χ0) is 23.8. The predicted molar refractivity (Wildman–Crippen MR) is 126 cm³/mol. The van der Waals surface area contributed by atoms with E-state index in [0.717, 1.165) is 5.56 Å². The SMILES string of the molecule is COc1cccc(S(=O)(=O)Nc2ccc(C(=O)NCCc3ccc(OC)c(OC)c3)cc2)c1. The van der Waals surface area contributed by atoms with Gasteiger partial charge >= 0.3 is 0 Å². The van der Waals surface area contributed by atoms with Crippen molar-refractivity contribution in [3.8, 4) is 17.2 Å². The highest BCUT2D eigenvalue weighted by atomic mass is 32.2. The van der Waals surface area contributed by atoms with Gasteiger partial charge in [0.15, 0.2) is 11.5 Å². The molecule has 174 valence electrons. The third kappa shape index (κ3) is 6.17. The summed E-state index contributed by atoms with van der Waals surface area (Å²) < 4.78 is 43.3. The van der Waals surface area contributed by atoms with Gasteiger partial charge in [-0.05, 0) is 60.5 Å². The molecule has 0 atom stereocenters. The quantitative estimate of drug-likeness (QED) is 0.470. The van der Waals surface area contributed by atoms with Gasteiger partial charge in [-0.2, -0.15) is 0 Å². The van der Waals surface area contributed by atoms with Crippen LogP contribution in [0.4, 0.5) is 5.69 Å². The number of anilines is 1. The molecule has 0 aliphatic carbocycles. The lowest BCUT2D eigenvalue weighted by atomic mass is 10.1. The van der Waals surface area contributed by atoms with E-state index in [1.54, 1.807) is 50.6 Å². The van der Waals surface area contributed by atoms with Crippen molar-refractivity contribution in [3.05, 3.63) is 77.9 Å². The number of ether oxygens (including phenoxy) is 3. The van der Waals surface area contributed by atoms with Crippen LogP contribution >= 0.6 is 0 Å². The molecule has 0 spiro atoms. The van der Waals surface area contributed by atoms with Crippen LogP contribution in [-0.4, -0.2) is 42.2 Å². The zero-order valence-corrected chi connectivity index (χ0v) is 19.4. The summed E-state index contributed by atoms with van der Waals surface area (Å²) in [5.41, 5.74) is 1.77. The lowest BCUT2D eigenvalue weighted by Crippen LogP contribution is -2.25. The fraction of sp³-hybridized carbons (Fsp3) is 0.208. The fourth-order valence-corrected chi connectivity index (χ4v) is 4.22. The van der Waals surface area contributed by atoms with Crippen LogP contribution in [0.1, 0.15) is 15.9 Å². The number of benzene rings is 3. The average molecular weight is 471 g/mol. The van der Waals surface area contributed by atoms with Gasteiger partial charge in [-0.25, -0.2) is 8.42 Å². The number of carbonyl (C=O) groups is 1. The molecule has 2 N–H and O–H groups in total. The number of amides is 1. The third-order valence-corrected chi connectivity index (χ3v) is 6.28. The molecule has 33 heavy (non-hydrogen) atoms. The van der Waals surface area contributed by atoms with E-state index in [1.165, 1.54) is 19.2 Å². The molecule has 0 saturated heterocycles. The van der Waals surface area contributed by atoms with Gasteiger partial charge in [0, 0.05) is 23.9 Å². The standard InChI is InChI=1S/C24H26N2O6S/c1-30-20-5-4-6-21(16-20)33(28,29)26-19-10-8-18(9-11-19)24(27)25-14-13-17-7-12-22(31-2)23(15-17)32-3/h4-12,15-16,26H,13-14H2,1-3H3,(H,25,27). The van der Waals surface area contributed by atoms with Crippen LogP contribution in [0.15, 0.2) is 71.6 Å². The molecule has 0 unspecified atom stereocenters. The van der Waals surface area contributed by atoms with E-state index in [2.05, 4.69) is 10.0 Å². The maximum atomic E-state index is 12.6. The van der Waals surface area contributed by atoms with Crippen molar-refractivity contribution in [2.24, 2.45) is 0 Å². The molecule has 0 bridgehead atoms. The van der Waals surface area contributed by atoms with Gasteiger partial charge in [0.25, 0.3) is 15.9 Å². The Hall–Kier alpha value is -3.72. The average Bonchev–Trinajstić information content (AvgIpc) is 2.84. The Morgan fingerprint density at radius 1 is 0.848 bits per heavy atom. The van der Waals surface area contributed by atoms with Crippen LogP contribution in [0.3, 0.4) is 0 Å². The Bertz CT molecular complexity index is 1210. The minimum atomic E-state index is -3.78. The van der Waals surface area contributed by atoms with E-state index in [4.69, 9.17) is 14.2 Å². The Balaban J connectivity index is 1.57. The van der Waals surface area contributed by atoms with Crippen LogP contribution in [0.5, 0.6) is 17.2 Å². The largest absolute Gasteiger partial charge is 0.497 e. The number of rotatable bonds is 10. The van der Waals surface area contributed by atoms with Crippen LogP contribution in [0.25, 0.3) is 0 Å². The third-order valence-electron chi connectivity index (χ3n) is 4.90. The smallest absolute Gasteiger partial charge is 0.262 e. The van der Waals surface area contributed by atoms with E-state index >= 15 is 0 Å². The number of nitrogens with one attached hydrogen (secondary N) is 2. The van der Waals surface area contributed by atoms with Gasteiger partial charge in [0.1, 0.15) is 5.75 Å². The molecular weight excluding hydrogens is 444 g/mol. The topological polar surface area (TPSA) is 103 Å². The minimum Gasteiger partial charge on any atom is -0.497 e. The zero-order valence-electron chi connectivity index (χ0n) is 18.6. The van der Waals surface area contributed by atoms with E-state index in [-0.39, 0.29) is 10.8 Å². The van der Waals surface area contributed by atoms with E-state index in [9.17, 15) is 13.2 Å². The van der Waals surface area contributed by atoms with Crippen molar-refractivity contribution in [1.29, 1.82) is 0 Å². The van der Waals surface area contributed by atoms with E-state index in [0.29, 0.717) is 41.5 Å². The van der Waals surface area contributed by atoms with Crippen molar-refractivity contribution in [3.63, 3.8) is 0 Å².